The number of nitrogens with zero attached hydrogens (tertiary/aromatic N) is 1. The minimum absolute atomic E-state index is 0.0395. The maximum absolute atomic E-state index is 11.7. The van der Waals surface area contributed by atoms with Crippen LogP contribution in [0.5, 0.6) is 0 Å². The molecule has 0 radical (unpaired) electrons. The van der Waals surface area contributed by atoms with Gasteiger partial charge < -0.3 is 5.32 Å². The van der Waals surface area contributed by atoms with Crippen LogP contribution in [0.2, 0.25) is 0 Å². The Morgan fingerprint density at radius 3 is 2.69 bits per heavy atom. The standard InChI is InChI=1S/C12H17ClN2O/c1-8(2)11(13)7-15-12(16)10-5-4-9(3)14-6-10/h4-6,8,11H,7H2,1-3H3,(H,15,16). The Labute approximate surface area is 101 Å². The van der Waals surface area contributed by atoms with Gasteiger partial charge >= 0.3 is 0 Å². The zero-order chi connectivity index (χ0) is 12.1. The molecule has 0 aliphatic heterocycles. The molecule has 1 heterocycles. The van der Waals surface area contributed by atoms with E-state index in [1.165, 1.54) is 0 Å². The summed E-state index contributed by atoms with van der Waals surface area (Å²) in [4.78, 5) is 15.7. The van der Waals surface area contributed by atoms with Crippen molar-refractivity contribution in [3.63, 3.8) is 0 Å². The lowest BCUT2D eigenvalue weighted by atomic mass is 10.1. The van der Waals surface area contributed by atoms with Gasteiger partial charge in [0.05, 0.1) is 10.9 Å². The van der Waals surface area contributed by atoms with Crippen molar-refractivity contribution < 1.29 is 4.79 Å². The third-order valence-electron chi connectivity index (χ3n) is 2.35. The molecule has 3 nitrogen and oxygen atoms in total. The van der Waals surface area contributed by atoms with Crippen LogP contribution in [0.3, 0.4) is 0 Å². The predicted molar refractivity (Wildman–Crippen MR) is 65.8 cm³/mol. The van der Waals surface area contributed by atoms with Crippen LogP contribution >= 0.6 is 11.6 Å². The maximum Gasteiger partial charge on any atom is 0.252 e. The first-order valence-electron chi connectivity index (χ1n) is 5.35. The molecular formula is C12H17ClN2O. The first kappa shape index (κ1) is 13.0. The smallest absolute Gasteiger partial charge is 0.252 e. The number of aryl methyl sites for hydroxylation is 1. The molecule has 0 saturated heterocycles. The predicted octanol–water partition coefficient (Wildman–Crippen LogP) is 2.38. The van der Waals surface area contributed by atoms with Crippen LogP contribution in [-0.4, -0.2) is 22.8 Å². The molecule has 1 unspecified atom stereocenters. The zero-order valence-corrected chi connectivity index (χ0v) is 10.6. The normalized spacial score (nSPS) is 12.6. The molecule has 16 heavy (non-hydrogen) atoms. The molecular weight excluding hydrogens is 224 g/mol. The first-order chi connectivity index (χ1) is 7.50. The van der Waals surface area contributed by atoms with Crippen LogP contribution in [0, 0.1) is 12.8 Å². The number of hydrogen-bond donors (Lipinski definition) is 1. The van der Waals surface area contributed by atoms with Crippen molar-refractivity contribution >= 4 is 17.5 Å². The maximum atomic E-state index is 11.7. The highest BCUT2D eigenvalue weighted by Gasteiger charge is 2.12. The van der Waals surface area contributed by atoms with Gasteiger partial charge in [-0.15, -0.1) is 11.6 Å². The molecule has 1 rings (SSSR count). The van der Waals surface area contributed by atoms with Gasteiger partial charge in [-0.1, -0.05) is 13.8 Å². The second-order valence-corrected chi connectivity index (χ2v) is 4.72. The molecule has 1 N–H and O–H groups in total. The number of alkyl halides is 1. The molecule has 0 aromatic carbocycles. The lowest BCUT2D eigenvalue weighted by Crippen LogP contribution is -2.32. The monoisotopic (exact) mass is 240 g/mol. The molecule has 88 valence electrons. The molecule has 4 heteroatoms. The zero-order valence-electron chi connectivity index (χ0n) is 9.83. The van der Waals surface area contributed by atoms with E-state index in [2.05, 4.69) is 10.3 Å². The van der Waals surface area contributed by atoms with Crippen molar-refractivity contribution in [3.05, 3.63) is 29.6 Å². The summed E-state index contributed by atoms with van der Waals surface area (Å²) in [5.41, 5.74) is 1.46. The van der Waals surface area contributed by atoms with Crippen LogP contribution < -0.4 is 5.32 Å². The number of hydrogen-bond acceptors (Lipinski definition) is 2. The average molecular weight is 241 g/mol. The summed E-state index contributed by atoms with van der Waals surface area (Å²) >= 11 is 6.04. The molecule has 0 fully saturated rings. The fourth-order valence-corrected chi connectivity index (χ4v) is 1.21. The third-order valence-corrected chi connectivity index (χ3v) is 3.01. The highest BCUT2D eigenvalue weighted by Crippen LogP contribution is 2.08. The van der Waals surface area contributed by atoms with Crippen molar-refractivity contribution in [1.82, 2.24) is 10.3 Å². The summed E-state index contributed by atoms with van der Waals surface area (Å²) in [5.74, 6) is 0.219. The van der Waals surface area contributed by atoms with E-state index >= 15 is 0 Å². The second-order valence-electron chi connectivity index (χ2n) is 4.16. The Bertz CT molecular complexity index is 349. The Kier molecular flexibility index (Phi) is 4.74. The number of aromatic nitrogens is 1. The van der Waals surface area contributed by atoms with E-state index in [1.807, 2.05) is 26.8 Å². The van der Waals surface area contributed by atoms with Crippen LogP contribution in [-0.2, 0) is 0 Å². The first-order valence-corrected chi connectivity index (χ1v) is 5.79. The van der Waals surface area contributed by atoms with Crippen LogP contribution in [0.4, 0.5) is 0 Å². The van der Waals surface area contributed by atoms with Crippen molar-refractivity contribution in [2.24, 2.45) is 5.92 Å². The largest absolute Gasteiger partial charge is 0.350 e. The van der Waals surface area contributed by atoms with Gasteiger partial charge in [-0.2, -0.15) is 0 Å². The second kappa shape index (κ2) is 5.85. The Morgan fingerprint density at radius 2 is 2.19 bits per heavy atom. The summed E-state index contributed by atoms with van der Waals surface area (Å²) in [7, 11) is 0. The summed E-state index contributed by atoms with van der Waals surface area (Å²) in [6, 6.07) is 3.58. The summed E-state index contributed by atoms with van der Waals surface area (Å²) in [6.07, 6.45) is 1.57. The van der Waals surface area contributed by atoms with E-state index in [0.29, 0.717) is 18.0 Å². The molecule has 0 spiro atoms. The van der Waals surface area contributed by atoms with Crippen LogP contribution in [0.15, 0.2) is 18.3 Å². The van der Waals surface area contributed by atoms with Crippen molar-refractivity contribution in [2.45, 2.75) is 26.1 Å². The minimum Gasteiger partial charge on any atom is -0.350 e. The fourth-order valence-electron chi connectivity index (χ4n) is 1.13. The summed E-state index contributed by atoms with van der Waals surface area (Å²) in [6.45, 7) is 6.41. The quantitative estimate of drug-likeness (QED) is 0.822. The van der Waals surface area contributed by atoms with E-state index in [-0.39, 0.29) is 11.3 Å². The summed E-state index contributed by atoms with van der Waals surface area (Å²) in [5, 5.41) is 2.75. The number of nitrogens with one attached hydrogen (secondary N) is 1. The lowest BCUT2D eigenvalue weighted by Gasteiger charge is -2.13. The fraction of sp³-hybridized carbons (Fsp3) is 0.500. The van der Waals surface area contributed by atoms with Crippen LogP contribution in [0.25, 0.3) is 0 Å². The minimum atomic E-state index is -0.126. The van der Waals surface area contributed by atoms with Gasteiger partial charge in [-0.25, -0.2) is 0 Å². The van der Waals surface area contributed by atoms with E-state index in [1.54, 1.807) is 12.3 Å². The van der Waals surface area contributed by atoms with E-state index in [4.69, 9.17) is 11.6 Å². The number of halogens is 1. The number of carbonyl (C=O) groups is 1. The van der Waals surface area contributed by atoms with Gasteiger partial charge in [0.2, 0.25) is 0 Å². The number of carbonyl (C=O) groups excluding carboxylic acids is 1. The van der Waals surface area contributed by atoms with E-state index in [9.17, 15) is 4.79 Å². The van der Waals surface area contributed by atoms with Crippen molar-refractivity contribution in [3.8, 4) is 0 Å². The van der Waals surface area contributed by atoms with E-state index in [0.717, 1.165) is 5.69 Å². The lowest BCUT2D eigenvalue weighted by molar-refractivity contribution is 0.0952. The molecule has 0 saturated carbocycles. The van der Waals surface area contributed by atoms with Crippen molar-refractivity contribution in [2.75, 3.05) is 6.54 Å². The molecule has 1 amide bonds. The Hall–Kier alpha value is -1.09. The molecule has 0 aliphatic rings. The van der Waals surface area contributed by atoms with Gasteiger partial charge in [-0.05, 0) is 25.0 Å². The van der Waals surface area contributed by atoms with Gasteiger partial charge in [0.25, 0.3) is 5.91 Å². The summed E-state index contributed by atoms with van der Waals surface area (Å²) < 4.78 is 0. The average Bonchev–Trinajstić information content (AvgIpc) is 2.26. The van der Waals surface area contributed by atoms with Crippen molar-refractivity contribution in [1.29, 1.82) is 0 Å². The highest BCUT2D eigenvalue weighted by atomic mass is 35.5. The molecule has 0 aliphatic carbocycles. The molecule has 0 bridgehead atoms. The van der Waals surface area contributed by atoms with Gasteiger partial charge in [0.15, 0.2) is 0 Å². The number of pyridine rings is 1. The van der Waals surface area contributed by atoms with Gasteiger partial charge in [0.1, 0.15) is 0 Å². The molecule has 1 aromatic heterocycles. The van der Waals surface area contributed by atoms with Gasteiger partial charge in [0, 0.05) is 18.4 Å². The highest BCUT2D eigenvalue weighted by molar-refractivity contribution is 6.21. The SMILES string of the molecule is Cc1ccc(C(=O)NCC(Cl)C(C)C)cn1. The van der Waals surface area contributed by atoms with Crippen LogP contribution in [0.1, 0.15) is 29.9 Å². The Morgan fingerprint density at radius 1 is 1.50 bits per heavy atom. The number of rotatable bonds is 4. The Balaban J connectivity index is 2.50. The topological polar surface area (TPSA) is 42.0 Å². The third kappa shape index (κ3) is 3.81. The number of amides is 1. The molecule has 1 atom stereocenters. The van der Waals surface area contributed by atoms with E-state index < -0.39 is 0 Å². The van der Waals surface area contributed by atoms with Gasteiger partial charge in [-0.3, -0.25) is 9.78 Å². The molecule has 1 aromatic rings.